The summed E-state index contributed by atoms with van der Waals surface area (Å²) in [6, 6.07) is 22.1. The monoisotopic (exact) mass is 444 g/mol. The molecular formula is C28H32N2O3. The van der Waals surface area contributed by atoms with Crippen LogP contribution in [0.15, 0.2) is 66.7 Å². The van der Waals surface area contributed by atoms with Crippen LogP contribution in [0.25, 0.3) is 0 Å². The van der Waals surface area contributed by atoms with Crippen LogP contribution in [-0.2, 0) is 6.61 Å². The number of ether oxygens (including phenoxy) is 2. The fraction of sp³-hybridized carbons (Fsp3) is 0.321. The number of hydrogen-bond acceptors (Lipinski definition) is 4. The highest BCUT2D eigenvalue weighted by Gasteiger charge is 2.23. The van der Waals surface area contributed by atoms with E-state index >= 15 is 0 Å². The molecule has 172 valence electrons. The SMILES string of the molecule is CCOc1ccc(C(=O)N2CCN(c3ccccc3)CC2)cc1COc1ccc(C)c(C)c1. The van der Waals surface area contributed by atoms with Gasteiger partial charge in [0.25, 0.3) is 5.91 Å². The molecule has 0 unspecified atom stereocenters. The number of piperazine rings is 1. The zero-order chi connectivity index (χ0) is 23.2. The summed E-state index contributed by atoms with van der Waals surface area (Å²) in [6.07, 6.45) is 0. The summed E-state index contributed by atoms with van der Waals surface area (Å²) in [5, 5.41) is 0. The number of anilines is 1. The molecule has 0 N–H and O–H groups in total. The Labute approximate surface area is 196 Å². The van der Waals surface area contributed by atoms with Gasteiger partial charge < -0.3 is 19.3 Å². The average Bonchev–Trinajstić information content (AvgIpc) is 2.86. The van der Waals surface area contributed by atoms with Crippen LogP contribution in [0.5, 0.6) is 11.5 Å². The minimum atomic E-state index is 0.0539. The lowest BCUT2D eigenvalue weighted by atomic mass is 10.1. The Hall–Kier alpha value is -3.47. The van der Waals surface area contributed by atoms with E-state index in [1.54, 1.807) is 0 Å². The van der Waals surface area contributed by atoms with Crippen molar-refractivity contribution < 1.29 is 14.3 Å². The van der Waals surface area contributed by atoms with Crippen LogP contribution in [0.3, 0.4) is 0 Å². The zero-order valence-corrected chi connectivity index (χ0v) is 19.7. The summed E-state index contributed by atoms with van der Waals surface area (Å²) in [5.74, 6) is 1.62. The molecule has 3 aromatic carbocycles. The minimum absolute atomic E-state index is 0.0539. The van der Waals surface area contributed by atoms with E-state index in [4.69, 9.17) is 9.47 Å². The number of nitrogens with zero attached hydrogens (tertiary/aromatic N) is 2. The number of aryl methyl sites for hydroxylation is 2. The van der Waals surface area contributed by atoms with Gasteiger partial charge in [-0.2, -0.15) is 0 Å². The molecule has 3 aromatic rings. The first kappa shape index (κ1) is 22.7. The Kier molecular flexibility index (Phi) is 7.18. The van der Waals surface area contributed by atoms with Crippen molar-refractivity contribution in [3.05, 3.63) is 89.0 Å². The maximum absolute atomic E-state index is 13.2. The number of carbonyl (C=O) groups is 1. The third kappa shape index (κ3) is 5.48. The molecule has 0 saturated carbocycles. The molecule has 5 heteroatoms. The predicted octanol–water partition coefficient (Wildman–Crippen LogP) is 5.24. The summed E-state index contributed by atoms with van der Waals surface area (Å²) in [5.41, 5.74) is 5.18. The van der Waals surface area contributed by atoms with Gasteiger partial charge in [-0.1, -0.05) is 24.3 Å². The molecule has 0 spiro atoms. The molecule has 1 fully saturated rings. The highest BCUT2D eigenvalue weighted by atomic mass is 16.5. The maximum atomic E-state index is 13.2. The molecule has 1 amide bonds. The largest absolute Gasteiger partial charge is 0.493 e. The first-order valence-electron chi connectivity index (χ1n) is 11.6. The fourth-order valence-corrected chi connectivity index (χ4v) is 4.08. The van der Waals surface area contributed by atoms with E-state index in [-0.39, 0.29) is 5.91 Å². The topological polar surface area (TPSA) is 42.0 Å². The lowest BCUT2D eigenvalue weighted by Crippen LogP contribution is -2.48. The zero-order valence-electron chi connectivity index (χ0n) is 19.7. The molecule has 4 rings (SSSR count). The van der Waals surface area contributed by atoms with Gasteiger partial charge in [0.05, 0.1) is 6.61 Å². The van der Waals surface area contributed by atoms with Crippen LogP contribution in [0.1, 0.15) is 34.0 Å². The number of benzene rings is 3. The standard InChI is InChI=1S/C28H32N2O3/c1-4-32-27-13-11-23(19-24(27)20-33-26-12-10-21(2)22(3)18-26)28(31)30-16-14-29(15-17-30)25-8-6-5-7-9-25/h5-13,18-19H,4,14-17,20H2,1-3H3. The second-order valence-electron chi connectivity index (χ2n) is 8.41. The van der Waals surface area contributed by atoms with Gasteiger partial charge in [-0.25, -0.2) is 0 Å². The quantitative estimate of drug-likeness (QED) is 0.500. The van der Waals surface area contributed by atoms with Gasteiger partial charge in [-0.05, 0) is 74.4 Å². The van der Waals surface area contributed by atoms with E-state index in [2.05, 4.69) is 36.9 Å². The molecule has 0 bridgehead atoms. The predicted molar refractivity (Wildman–Crippen MR) is 132 cm³/mol. The average molecular weight is 445 g/mol. The van der Waals surface area contributed by atoms with Crippen molar-refractivity contribution in [3.8, 4) is 11.5 Å². The molecular weight excluding hydrogens is 412 g/mol. The molecule has 1 aliphatic heterocycles. The molecule has 0 aliphatic carbocycles. The summed E-state index contributed by atoms with van der Waals surface area (Å²) < 4.78 is 11.8. The second kappa shape index (κ2) is 10.4. The van der Waals surface area contributed by atoms with Crippen LogP contribution in [0.2, 0.25) is 0 Å². The van der Waals surface area contributed by atoms with E-state index in [0.717, 1.165) is 30.2 Å². The molecule has 1 aliphatic rings. The number of para-hydroxylation sites is 1. The van der Waals surface area contributed by atoms with Gasteiger partial charge >= 0.3 is 0 Å². The molecule has 1 saturated heterocycles. The Morgan fingerprint density at radius 1 is 0.848 bits per heavy atom. The number of carbonyl (C=O) groups excluding carboxylic acids is 1. The van der Waals surface area contributed by atoms with Crippen molar-refractivity contribution in [1.82, 2.24) is 4.90 Å². The summed E-state index contributed by atoms with van der Waals surface area (Å²) in [7, 11) is 0. The van der Waals surface area contributed by atoms with E-state index < -0.39 is 0 Å². The smallest absolute Gasteiger partial charge is 0.253 e. The maximum Gasteiger partial charge on any atom is 0.253 e. The lowest BCUT2D eigenvalue weighted by Gasteiger charge is -2.36. The summed E-state index contributed by atoms with van der Waals surface area (Å²) in [4.78, 5) is 17.5. The Balaban J connectivity index is 1.45. The first-order chi connectivity index (χ1) is 16.0. The van der Waals surface area contributed by atoms with Crippen molar-refractivity contribution in [1.29, 1.82) is 0 Å². The third-order valence-electron chi connectivity index (χ3n) is 6.17. The molecule has 0 atom stereocenters. The van der Waals surface area contributed by atoms with Crippen LogP contribution < -0.4 is 14.4 Å². The Morgan fingerprint density at radius 2 is 1.61 bits per heavy atom. The third-order valence-corrected chi connectivity index (χ3v) is 6.17. The van der Waals surface area contributed by atoms with Gasteiger partial charge in [0.15, 0.2) is 0 Å². The summed E-state index contributed by atoms with van der Waals surface area (Å²) >= 11 is 0. The molecule has 0 aromatic heterocycles. The number of hydrogen-bond donors (Lipinski definition) is 0. The van der Waals surface area contributed by atoms with E-state index in [1.807, 2.05) is 60.4 Å². The van der Waals surface area contributed by atoms with Crippen molar-refractivity contribution in [2.45, 2.75) is 27.4 Å². The van der Waals surface area contributed by atoms with Crippen molar-refractivity contribution in [2.75, 3.05) is 37.7 Å². The highest BCUT2D eigenvalue weighted by Crippen LogP contribution is 2.25. The van der Waals surface area contributed by atoms with E-state index in [1.165, 1.54) is 16.8 Å². The van der Waals surface area contributed by atoms with E-state index in [9.17, 15) is 4.79 Å². The van der Waals surface area contributed by atoms with Gasteiger partial charge in [0.1, 0.15) is 18.1 Å². The number of amides is 1. The van der Waals surface area contributed by atoms with Crippen LogP contribution >= 0.6 is 0 Å². The molecule has 33 heavy (non-hydrogen) atoms. The van der Waals surface area contributed by atoms with Gasteiger partial charge in [-0.3, -0.25) is 4.79 Å². The van der Waals surface area contributed by atoms with Gasteiger partial charge in [0.2, 0.25) is 0 Å². The van der Waals surface area contributed by atoms with Crippen LogP contribution in [0.4, 0.5) is 5.69 Å². The summed E-state index contributed by atoms with van der Waals surface area (Å²) in [6.45, 7) is 10.1. The first-order valence-corrected chi connectivity index (χ1v) is 11.6. The number of rotatable bonds is 7. The lowest BCUT2D eigenvalue weighted by molar-refractivity contribution is 0.0746. The van der Waals surface area contributed by atoms with Crippen molar-refractivity contribution in [3.63, 3.8) is 0 Å². The van der Waals surface area contributed by atoms with Crippen LogP contribution in [-0.4, -0.2) is 43.6 Å². The van der Waals surface area contributed by atoms with Crippen molar-refractivity contribution in [2.24, 2.45) is 0 Å². The minimum Gasteiger partial charge on any atom is -0.493 e. The highest BCUT2D eigenvalue weighted by molar-refractivity contribution is 5.94. The second-order valence-corrected chi connectivity index (χ2v) is 8.41. The Morgan fingerprint density at radius 3 is 2.30 bits per heavy atom. The molecule has 5 nitrogen and oxygen atoms in total. The Bertz CT molecular complexity index is 1090. The van der Waals surface area contributed by atoms with Gasteiger partial charge in [0, 0.05) is 43.0 Å². The van der Waals surface area contributed by atoms with Crippen molar-refractivity contribution >= 4 is 11.6 Å². The molecule has 0 radical (unpaired) electrons. The van der Waals surface area contributed by atoms with Crippen LogP contribution in [0, 0.1) is 13.8 Å². The van der Waals surface area contributed by atoms with Gasteiger partial charge in [-0.15, -0.1) is 0 Å². The molecule has 1 heterocycles. The fourth-order valence-electron chi connectivity index (χ4n) is 4.08. The normalized spacial score (nSPS) is 13.7. The van der Waals surface area contributed by atoms with E-state index in [0.29, 0.717) is 31.9 Å².